The van der Waals surface area contributed by atoms with Crippen LogP contribution in [0.1, 0.15) is 30.7 Å². The Labute approximate surface area is 120 Å². The Balaban J connectivity index is 2.26. The summed E-state index contributed by atoms with van der Waals surface area (Å²) in [6.07, 6.45) is 1.18. The summed E-state index contributed by atoms with van der Waals surface area (Å²) in [4.78, 5) is 0. The van der Waals surface area contributed by atoms with E-state index in [0.29, 0.717) is 17.3 Å². The van der Waals surface area contributed by atoms with Gasteiger partial charge >= 0.3 is 0 Å². The summed E-state index contributed by atoms with van der Waals surface area (Å²) in [7, 11) is 0. The number of aryl methyl sites for hydroxylation is 1. The number of benzene rings is 1. The molecule has 2 aromatic rings. The molecular formula is C14H15ClF2N2O. The molecule has 0 aliphatic heterocycles. The molecule has 0 spiro atoms. The smallest absolute Gasteiger partial charge is 0.162 e. The van der Waals surface area contributed by atoms with Gasteiger partial charge in [0.15, 0.2) is 11.6 Å². The molecule has 3 nitrogen and oxygen atoms in total. The molecule has 0 saturated heterocycles. The largest absolute Gasteiger partial charge is 0.386 e. The van der Waals surface area contributed by atoms with Crippen molar-refractivity contribution in [2.24, 2.45) is 0 Å². The quantitative estimate of drug-likeness (QED) is 0.918. The summed E-state index contributed by atoms with van der Waals surface area (Å²) >= 11 is 6.00. The van der Waals surface area contributed by atoms with Crippen molar-refractivity contribution in [2.45, 2.75) is 32.4 Å². The van der Waals surface area contributed by atoms with Gasteiger partial charge < -0.3 is 5.11 Å². The Morgan fingerprint density at radius 1 is 1.40 bits per heavy atom. The number of aliphatic hydroxyl groups is 1. The molecule has 20 heavy (non-hydrogen) atoms. The van der Waals surface area contributed by atoms with Crippen LogP contribution >= 0.6 is 11.6 Å². The van der Waals surface area contributed by atoms with Crippen molar-refractivity contribution in [1.29, 1.82) is 0 Å². The minimum absolute atomic E-state index is 0.0568. The molecular weight excluding hydrogens is 286 g/mol. The maximum absolute atomic E-state index is 13.6. The van der Waals surface area contributed by atoms with Gasteiger partial charge in [0.25, 0.3) is 0 Å². The number of hydrogen-bond acceptors (Lipinski definition) is 2. The van der Waals surface area contributed by atoms with Crippen LogP contribution in [0.5, 0.6) is 0 Å². The van der Waals surface area contributed by atoms with E-state index in [1.54, 1.807) is 4.68 Å². The first-order valence-electron chi connectivity index (χ1n) is 6.36. The Kier molecular flexibility index (Phi) is 4.73. The van der Waals surface area contributed by atoms with E-state index in [2.05, 4.69) is 5.10 Å². The van der Waals surface area contributed by atoms with Crippen LogP contribution < -0.4 is 0 Å². The molecule has 6 heteroatoms. The van der Waals surface area contributed by atoms with Gasteiger partial charge in [0, 0.05) is 13.0 Å². The van der Waals surface area contributed by atoms with Crippen molar-refractivity contribution < 1.29 is 13.9 Å². The van der Waals surface area contributed by atoms with Crippen molar-refractivity contribution in [3.63, 3.8) is 0 Å². The molecule has 0 saturated carbocycles. The van der Waals surface area contributed by atoms with Crippen LogP contribution in [0, 0.1) is 11.6 Å². The zero-order chi connectivity index (χ0) is 14.7. The van der Waals surface area contributed by atoms with E-state index in [0.717, 1.165) is 12.5 Å². The number of nitrogens with zero attached hydrogens (tertiary/aromatic N) is 2. The van der Waals surface area contributed by atoms with Crippen molar-refractivity contribution in [2.75, 3.05) is 0 Å². The molecule has 0 radical (unpaired) electrons. The number of aliphatic hydroxyl groups excluding tert-OH is 1. The fourth-order valence-electron chi connectivity index (χ4n) is 2.10. The van der Waals surface area contributed by atoms with Crippen molar-refractivity contribution in [1.82, 2.24) is 9.78 Å². The van der Waals surface area contributed by atoms with Gasteiger partial charge in [0.2, 0.25) is 0 Å². The predicted molar refractivity (Wildman–Crippen MR) is 72.5 cm³/mol. The number of hydrogen-bond donors (Lipinski definition) is 1. The Morgan fingerprint density at radius 3 is 2.85 bits per heavy atom. The molecule has 1 unspecified atom stereocenters. The Morgan fingerprint density at radius 2 is 2.15 bits per heavy atom. The van der Waals surface area contributed by atoms with Gasteiger partial charge in [-0.05, 0) is 18.1 Å². The molecule has 1 atom stereocenters. The van der Waals surface area contributed by atoms with E-state index in [1.165, 1.54) is 18.3 Å². The van der Waals surface area contributed by atoms with Gasteiger partial charge in [-0.1, -0.05) is 30.7 Å². The topological polar surface area (TPSA) is 38.0 Å². The zero-order valence-corrected chi connectivity index (χ0v) is 11.7. The third-order valence-corrected chi connectivity index (χ3v) is 3.32. The standard InChI is InChI=1S/C14H15ClF2N2O/c1-2-6-19-14(10(15)8-18-19)12(20)7-9-4-3-5-11(16)13(9)17/h3-5,8,12,20H,2,6-7H2,1H3. The summed E-state index contributed by atoms with van der Waals surface area (Å²) in [5, 5.41) is 14.6. The highest BCUT2D eigenvalue weighted by Gasteiger charge is 2.20. The van der Waals surface area contributed by atoms with Crippen LogP contribution in [0.25, 0.3) is 0 Å². The Hall–Kier alpha value is -1.46. The van der Waals surface area contributed by atoms with Crippen LogP contribution in [-0.4, -0.2) is 14.9 Å². The lowest BCUT2D eigenvalue weighted by molar-refractivity contribution is 0.165. The lowest BCUT2D eigenvalue weighted by Crippen LogP contribution is -2.12. The SMILES string of the molecule is CCCn1ncc(Cl)c1C(O)Cc1cccc(F)c1F. The third-order valence-electron chi connectivity index (χ3n) is 3.03. The second-order valence-corrected chi connectivity index (χ2v) is 4.94. The van der Waals surface area contributed by atoms with Crippen molar-refractivity contribution in [3.8, 4) is 0 Å². The molecule has 1 N–H and O–H groups in total. The predicted octanol–water partition coefficient (Wildman–Crippen LogP) is 3.50. The first-order chi connectivity index (χ1) is 9.54. The maximum atomic E-state index is 13.6. The van der Waals surface area contributed by atoms with Crippen LogP contribution in [0.2, 0.25) is 5.02 Å². The summed E-state index contributed by atoms with van der Waals surface area (Å²) in [5.41, 5.74) is 0.537. The lowest BCUT2D eigenvalue weighted by atomic mass is 10.0. The van der Waals surface area contributed by atoms with Gasteiger partial charge in [-0.3, -0.25) is 4.68 Å². The van der Waals surface area contributed by atoms with E-state index in [4.69, 9.17) is 11.6 Å². The molecule has 0 amide bonds. The van der Waals surface area contributed by atoms with Gasteiger partial charge in [-0.15, -0.1) is 0 Å². The van der Waals surface area contributed by atoms with Crippen LogP contribution in [-0.2, 0) is 13.0 Å². The summed E-state index contributed by atoms with van der Waals surface area (Å²) < 4.78 is 28.3. The normalized spacial score (nSPS) is 12.7. The fraction of sp³-hybridized carbons (Fsp3) is 0.357. The zero-order valence-electron chi connectivity index (χ0n) is 11.0. The highest BCUT2D eigenvalue weighted by atomic mass is 35.5. The maximum Gasteiger partial charge on any atom is 0.162 e. The van der Waals surface area contributed by atoms with E-state index in [9.17, 15) is 13.9 Å². The van der Waals surface area contributed by atoms with E-state index in [-0.39, 0.29) is 12.0 Å². The molecule has 1 aromatic heterocycles. The molecule has 0 aliphatic carbocycles. The molecule has 0 aliphatic rings. The van der Waals surface area contributed by atoms with Gasteiger partial charge in [0.1, 0.15) is 6.10 Å². The minimum atomic E-state index is -1.03. The summed E-state index contributed by atoms with van der Waals surface area (Å²) in [5.74, 6) is -1.87. The number of aromatic nitrogens is 2. The number of rotatable bonds is 5. The number of halogens is 3. The average molecular weight is 301 g/mol. The highest BCUT2D eigenvalue weighted by Crippen LogP contribution is 2.27. The summed E-state index contributed by atoms with van der Waals surface area (Å²) in [6.45, 7) is 2.57. The van der Waals surface area contributed by atoms with Crippen molar-refractivity contribution >= 4 is 11.6 Å². The van der Waals surface area contributed by atoms with Gasteiger partial charge in [-0.2, -0.15) is 5.10 Å². The molecule has 1 heterocycles. The van der Waals surface area contributed by atoms with E-state index < -0.39 is 17.7 Å². The second kappa shape index (κ2) is 6.33. The van der Waals surface area contributed by atoms with Gasteiger partial charge in [0.05, 0.1) is 16.9 Å². The van der Waals surface area contributed by atoms with Crippen LogP contribution in [0.3, 0.4) is 0 Å². The fourth-order valence-corrected chi connectivity index (χ4v) is 2.37. The summed E-state index contributed by atoms with van der Waals surface area (Å²) in [6, 6.07) is 3.89. The van der Waals surface area contributed by atoms with E-state index in [1.807, 2.05) is 6.92 Å². The Bertz CT molecular complexity index is 601. The van der Waals surface area contributed by atoms with Gasteiger partial charge in [-0.25, -0.2) is 8.78 Å². The third kappa shape index (κ3) is 2.99. The molecule has 0 bridgehead atoms. The monoisotopic (exact) mass is 300 g/mol. The second-order valence-electron chi connectivity index (χ2n) is 4.53. The minimum Gasteiger partial charge on any atom is -0.386 e. The average Bonchev–Trinajstić information content (AvgIpc) is 2.77. The van der Waals surface area contributed by atoms with E-state index >= 15 is 0 Å². The molecule has 108 valence electrons. The molecule has 1 aromatic carbocycles. The molecule has 0 fully saturated rings. The lowest BCUT2D eigenvalue weighted by Gasteiger charge is -2.14. The van der Waals surface area contributed by atoms with Crippen molar-refractivity contribution in [3.05, 3.63) is 52.3 Å². The first-order valence-corrected chi connectivity index (χ1v) is 6.74. The van der Waals surface area contributed by atoms with Crippen LogP contribution in [0.15, 0.2) is 24.4 Å². The first kappa shape index (κ1) is 14.9. The van der Waals surface area contributed by atoms with Crippen LogP contribution in [0.4, 0.5) is 8.78 Å². The molecule has 2 rings (SSSR count). The highest BCUT2D eigenvalue weighted by molar-refractivity contribution is 6.31.